The summed E-state index contributed by atoms with van der Waals surface area (Å²) in [4.78, 5) is 0. The Balaban J connectivity index is 2.53. The number of hydrogen-bond acceptors (Lipinski definition) is 0. The van der Waals surface area contributed by atoms with E-state index < -0.39 is 0 Å². The van der Waals surface area contributed by atoms with Crippen LogP contribution in [0.25, 0.3) is 0 Å². The second kappa shape index (κ2) is 1.98. The first kappa shape index (κ1) is 5.72. The molecule has 0 N–H and O–H groups in total. The molecule has 2 aliphatic carbocycles. The van der Waals surface area contributed by atoms with Crippen LogP contribution in [0, 0.1) is 0 Å². The normalized spacial score (nSPS) is 21.5. The smallest absolute Gasteiger partial charge is 0.00882 e. The predicted octanol–water partition coefficient (Wildman–Crippen LogP) is 2.76. The maximum atomic E-state index is 2.22. The summed E-state index contributed by atoms with van der Waals surface area (Å²) in [6.07, 6.45) is 12.0. The minimum atomic E-state index is 1.11. The molecule has 0 nitrogen and oxygen atoms in total. The highest BCUT2D eigenvalue weighted by molar-refractivity contribution is 5.55. The Morgan fingerprint density at radius 2 is 2.20 bits per heavy atom. The first-order chi connectivity index (χ1) is 4.88. The van der Waals surface area contributed by atoms with Crippen LogP contribution in [0.15, 0.2) is 47.1 Å². The topological polar surface area (TPSA) is 0 Å². The molecule has 0 saturated carbocycles. The third-order valence-electron chi connectivity index (χ3n) is 2.04. The van der Waals surface area contributed by atoms with Crippen LogP contribution in [0.2, 0.25) is 0 Å². The minimum absolute atomic E-state index is 1.11. The van der Waals surface area contributed by atoms with E-state index >= 15 is 0 Å². The Kier molecular flexibility index (Phi) is 1.13. The van der Waals surface area contributed by atoms with Gasteiger partial charge in [0.15, 0.2) is 0 Å². The summed E-state index contributed by atoms with van der Waals surface area (Å²) < 4.78 is 0. The Bertz CT molecular complexity index is 272. The molecule has 0 spiro atoms. The highest BCUT2D eigenvalue weighted by Crippen LogP contribution is 2.28. The zero-order valence-corrected chi connectivity index (χ0v) is 6.09. The fourth-order valence-corrected chi connectivity index (χ4v) is 1.47. The van der Waals surface area contributed by atoms with Crippen LogP contribution < -0.4 is 0 Å². The summed E-state index contributed by atoms with van der Waals surface area (Å²) in [7, 11) is 0. The average molecular weight is 130 g/mol. The summed E-state index contributed by atoms with van der Waals surface area (Å²) in [5, 5.41) is 0. The Morgan fingerprint density at radius 1 is 1.30 bits per heavy atom. The van der Waals surface area contributed by atoms with E-state index in [0.29, 0.717) is 0 Å². The standard InChI is InChI=1S/C10H10/c1-8-4-2-5-9-6-3-7-10(8)9/h2-4,6-7H,5H2,1H3. The van der Waals surface area contributed by atoms with Crippen LogP contribution >= 0.6 is 0 Å². The molecule has 0 aliphatic heterocycles. The van der Waals surface area contributed by atoms with E-state index in [1.165, 1.54) is 16.7 Å². The summed E-state index contributed by atoms with van der Waals surface area (Å²) in [6, 6.07) is 0. The summed E-state index contributed by atoms with van der Waals surface area (Å²) in [5.41, 5.74) is 4.30. The van der Waals surface area contributed by atoms with Crippen molar-refractivity contribution in [1.82, 2.24) is 0 Å². The van der Waals surface area contributed by atoms with E-state index in [9.17, 15) is 0 Å². The Hall–Kier alpha value is -1.04. The van der Waals surface area contributed by atoms with E-state index in [1.807, 2.05) is 0 Å². The largest absolute Gasteiger partial charge is 0.0798 e. The number of hydrogen-bond donors (Lipinski definition) is 0. The predicted molar refractivity (Wildman–Crippen MR) is 43.7 cm³/mol. The number of fused-ring (bicyclic) bond motifs is 1. The van der Waals surface area contributed by atoms with Crippen molar-refractivity contribution >= 4 is 0 Å². The van der Waals surface area contributed by atoms with Gasteiger partial charge >= 0.3 is 0 Å². The van der Waals surface area contributed by atoms with Crippen LogP contribution in [0.4, 0.5) is 0 Å². The minimum Gasteiger partial charge on any atom is -0.0798 e. The Morgan fingerprint density at radius 3 is 3.00 bits per heavy atom. The van der Waals surface area contributed by atoms with Gasteiger partial charge in [-0.05, 0) is 30.1 Å². The lowest BCUT2D eigenvalue weighted by Gasteiger charge is -2.09. The van der Waals surface area contributed by atoms with E-state index in [-0.39, 0.29) is 0 Å². The van der Waals surface area contributed by atoms with Crippen molar-refractivity contribution in [1.29, 1.82) is 0 Å². The zero-order valence-electron chi connectivity index (χ0n) is 6.09. The zero-order chi connectivity index (χ0) is 6.97. The molecule has 0 heterocycles. The molecule has 0 aromatic rings. The molecule has 2 aliphatic rings. The molecule has 0 saturated heterocycles. The van der Waals surface area contributed by atoms with E-state index in [2.05, 4.69) is 37.3 Å². The van der Waals surface area contributed by atoms with E-state index in [0.717, 1.165) is 6.42 Å². The lowest BCUT2D eigenvalue weighted by Crippen LogP contribution is -1.90. The van der Waals surface area contributed by atoms with Crippen molar-refractivity contribution in [3.63, 3.8) is 0 Å². The van der Waals surface area contributed by atoms with Gasteiger partial charge in [-0.1, -0.05) is 30.4 Å². The molecule has 0 unspecified atom stereocenters. The van der Waals surface area contributed by atoms with Gasteiger partial charge in [0.2, 0.25) is 0 Å². The second-order valence-electron chi connectivity index (χ2n) is 2.75. The van der Waals surface area contributed by atoms with Gasteiger partial charge < -0.3 is 0 Å². The van der Waals surface area contributed by atoms with E-state index in [1.54, 1.807) is 0 Å². The van der Waals surface area contributed by atoms with Gasteiger partial charge in [0, 0.05) is 0 Å². The Labute approximate surface area is 61.3 Å². The summed E-state index contributed by atoms with van der Waals surface area (Å²) >= 11 is 0. The molecule has 10 heavy (non-hydrogen) atoms. The second-order valence-corrected chi connectivity index (χ2v) is 2.75. The van der Waals surface area contributed by atoms with Crippen LogP contribution in [0.1, 0.15) is 13.3 Å². The van der Waals surface area contributed by atoms with Gasteiger partial charge in [-0.15, -0.1) is 0 Å². The van der Waals surface area contributed by atoms with Gasteiger partial charge in [-0.2, -0.15) is 0 Å². The van der Waals surface area contributed by atoms with Crippen molar-refractivity contribution in [3.8, 4) is 0 Å². The van der Waals surface area contributed by atoms with Gasteiger partial charge in [0.1, 0.15) is 0 Å². The van der Waals surface area contributed by atoms with Gasteiger partial charge in [0.25, 0.3) is 0 Å². The molecule has 0 aromatic carbocycles. The molecule has 0 amide bonds. The van der Waals surface area contributed by atoms with Crippen LogP contribution in [-0.4, -0.2) is 0 Å². The van der Waals surface area contributed by atoms with Crippen LogP contribution in [0.3, 0.4) is 0 Å². The summed E-state index contributed by atoms with van der Waals surface area (Å²) in [6.45, 7) is 2.16. The van der Waals surface area contributed by atoms with Crippen molar-refractivity contribution < 1.29 is 0 Å². The molecule has 0 bridgehead atoms. The maximum Gasteiger partial charge on any atom is -0.00882 e. The lowest BCUT2D eigenvalue weighted by molar-refractivity contribution is 1.19. The fraction of sp³-hybridized carbons (Fsp3) is 0.200. The van der Waals surface area contributed by atoms with Crippen LogP contribution in [0.5, 0.6) is 0 Å². The summed E-state index contributed by atoms with van der Waals surface area (Å²) in [5.74, 6) is 0. The third-order valence-corrected chi connectivity index (χ3v) is 2.04. The first-order valence-electron chi connectivity index (χ1n) is 3.63. The molecule has 50 valence electrons. The average Bonchev–Trinajstić information content (AvgIpc) is 2.36. The monoisotopic (exact) mass is 130 g/mol. The number of rotatable bonds is 0. The lowest BCUT2D eigenvalue weighted by atomic mass is 9.96. The molecule has 0 heteroatoms. The van der Waals surface area contributed by atoms with Crippen LogP contribution in [-0.2, 0) is 0 Å². The third kappa shape index (κ3) is 0.688. The van der Waals surface area contributed by atoms with Crippen molar-refractivity contribution in [3.05, 3.63) is 47.1 Å². The fourth-order valence-electron chi connectivity index (χ4n) is 1.47. The van der Waals surface area contributed by atoms with Crippen molar-refractivity contribution in [2.24, 2.45) is 0 Å². The molecule has 0 fully saturated rings. The van der Waals surface area contributed by atoms with E-state index in [4.69, 9.17) is 0 Å². The molecule has 0 radical (unpaired) electrons. The first-order valence-corrected chi connectivity index (χ1v) is 3.63. The number of allylic oxidation sites excluding steroid dienone is 8. The quantitative estimate of drug-likeness (QED) is 0.473. The van der Waals surface area contributed by atoms with Gasteiger partial charge in [-0.25, -0.2) is 0 Å². The molecule has 2 rings (SSSR count). The SMILES string of the molecule is CC1=C2C=CC=C2CC=C1. The molecular formula is C10H10. The van der Waals surface area contributed by atoms with Crippen molar-refractivity contribution in [2.75, 3.05) is 0 Å². The van der Waals surface area contributed by atoms with Gasteiger partial charge in [-0.3, -0.25) is 0 Å². The highest BCUT2D eigenvalue weighted by Gasteiger charge is 2.09. The highest BCUT2D eigenvalue weighted by atomic mass is 14.1. The van der Waals surface area contributed by atoms with Gasteiger partial charge in [0.05, 0.1) is 0 Å². The maximum absolute atomic E-state index is 2.22. The molecular weight excluding hydrogens is 120 g/mol. The molecule has 0 aromatic heterocycles. The van der Waals surface area contributed by atoms with Crippen molar-refractivity contribution in [2.45, 2.75) is 13.3 Å². The molecule has 0 atom stereocenters.